The molecule has 1 saturated heterocycles. The zero-order valence-corrected chi connectivity index (χ0v) is 9.53. The lowest BCUT2D eigenvalue weighted by atomic mass is 9.97. The van der Waals surface area contributed by atoms with Crippen molar-refractivity contribution in [3.05, 3.63) is 0 Å². The number of esters is 1. The molecule has 0 amide bonds. The SMILES string of the molecule is CCOC(=O)CC1CCCOC1OCC. The van der Waals surface area contributed by atoms with Crippen LogP contribution in [0.4, 0.5) is 0 Å². The molecule has 88 valence electrons. The van der Waals surface area contributed by atoms with Gasteiger partial charge in [-0.2, -0.15) is 0 Å². The highest BCUT2D eigenvalue weighted by atomic mass is 16.7. The zero-order valence-electron chi connectivity index (χ0n) is 9.53. The summed E-state index contributed by atoms with van der Waals surface area (Å²) in [6, 6.07) is 0. The second kappa shape index (κ2) is 6.80. The van der Waals surface area contributed by atoms with E-state index in [4.69, 9.17) is 14.2 Å². The third kappa shape index (κ3) is 4.18. The molecule has 0 spiro atoms. The van der Waals surface area contributed by atoms with Gasteiger partial charge in [0.1, 0.15) is 0 Å². The van der Waals surface area contributed by atoms with E-state index < -0.39 is 0 Å². The van der Waals surface area contributed by atoms with Gasteiger partial charge in [-0.3, -0.25) is 4.79 Å². The van der Waals surface area contributed by atoms with Crippen LogP contribution in [0.1, 0.15) is 33.1 Å². The van der Waals surface area contributed by atoms with Crippen LogP contribution < -0.4 is 0 Å². The molecular weight excluding hydrogens is 196 g/mol. The lowest BCUT2D eigenvalue weighted by Crippen LogP contribution is -2.33. The Labute approximate surface area is 90.9 Å². The van der Waals surface area contributed by atoms with E-state index in [2.05, 4.69) is 0 Å². The molecule has 1 rings (SSSR count). The Morgan fingerprint density at radius 3 is 2.87 bits per heavy atom. The fourth-order valence-electron chi connectivity index (χ4n) is 1.80. The minimum atomic E-state index is -0.229. The molecule has 1 aliphatic heterocycles. The molecule has 4 heteroatoms. The molecule has 15 heavy (non-hydrogen) atoms. The van der Waals surface area contributed by atoms with Crippen LogP contribution in [0, 0.1) is 5.92 Å². The van der Waals surface area contributed by atoms with Gasteiger partial charge in [-0.1, -0.05) is 0 Å². The average Bonchev–Trinajstić information content (AvgIpc) is 2.21. The van der Waals surface area contributed by atoms with Crippen molar-refractivity contribution >= 4 is 5.97 Å². The topological polar surface area (TPSA) is 44.8 Å². The van der Waals surface area contributed by atoms with Crippen LogP contribution in [-0.4, -0.2) is 32.1 Å². The number of ether oxygens (including phenoxy) is 3. The van der Waals surface area contributed by atoms with Crippen molar-refractivity contribution in [3.63, 3.8) is 0 Å². The smallest absolute Gasteiger partial charge is 0.306 e. The van der Waals surface area contributed by atoms with Crippen molar-refractivity contribution in [2.75, 3.05) is 19.8 Å². The van der Waals surface area contributed by atoms with Crippen LogP contribution in [0.15, 0.2) is 0 Å². The van der Waals surface area contributed by atoms with Gasteiger partial charge < -0.3 is 14.2 Å². The third-order valence-electron chi connectivity index (χ3n) is 2.45. The molecule has 0 aromatic rings. The van der Waals surface area contributed by atoms with Crippen LogP contribution in [0.3, 0.4) is 0 Å². The van der Waals surface area contributed by atoms with Gasteiger partial charge in [0.25, 0.3) is 0 Å². The molecule has 0 N–H and O–H groups in total. The maximum absolute atomic E-state index is 11.3. The van der Waals surface area contributed by atoms with Gasteiger partial charge in [-0.25, -0.2) is 0 Å². The van der Waals surface area contributed by atoms with E-state index in [1.54, 1.807) is 0 Å². The largest absolute Gasteiger partial charge is 0.466 e. The summed E-state index contributed by atoms with van der Waals surface area (Å²) in [5.41, 5.74) is 0. The maximum atomic E-state index is 11.3. The third-order valence-corrected chi connectivity index (χ3v) is 2.45. The van der Waals surface area contributed by atoms with Crippen LogP contribution >= 0.6 is 0 Å². The van der Waals surface area contributed by atoms with E-state index >= 15 is 0 Å². The van der Waals surface area contributed by atoms with Crippen LogP contribution in [0.2, 0.25) is 0 Å². The van der Waals surface area contributed by atoms with Gasteiger partial charge in [0.05, 0.1) is 13.0 Å². The lowest BCUT2D eigenvalue weighted by molar-refractivity contribution is -0.195. The highest BCUT2D eigenvalue weighted by Crippen LogP contribution is 2.25. The summed E-state index contributed by atoms with van der Waals surface area (Å²) in [7, 11) is 0. The minimum absolute atomic E-state index is 0.151. The standard InChI is InChI=1S/C11H20O4/c1-3-13-10(12)8-9-6-5-7-15-11(9)14-4-2/h9,11H,3-8H2,1-2H3. The first kappa shape index (κ1) is 12.5. The van der Waals surface area contributed by atoms with Crippen molar-refractivity contribution in [2.24, 2.45) is 5.92 Å². The Hall–Kier alpha value is -0.610. The second-order valence-corrected chi connectivity index (χ2v) is 3.61. The molecule has 0 saturated carbocycles. The zero-order chi connectivity index (χ0) is 11.1. The Bertz CT molecular complexity index is 191. The maximum Gasteiger partial charge on any atom is 0.306 e. The highest BCUT2D eigenvalue weighted by molar-refractivity contribution is 5.69. The second-order valence-electron chi connectivity index (χ2n) is 3.61. The molecule has 0 aromatic heterocycles. The Morgan fingerprint density at radius 2 is 2.20 bits per heavy atom. The first-order valence-corrected chi connectivity index (χ1v) is 5.66. The van der Waals surface area contributed by atoms with E-state index in [-0.39, 0.29) is 18.2 Å². The van der Waals surface area contributed by atoms with Crippen molar-refractivity contribution in [3.8, 4) is 0 Å². The molecular formula is C11H20O4. The van der Waals surface area contributed by atoms with Crippen LogP contribution in [0.5, 0.6) is 0 Å². The molecule has 1 heterocycles. The number of carbonyl (C=O) groups is 1. The summed E-state index contributed by atoms with van der Waals surface area (Å²) in [6.07, 6.45) is 2.14. The Morgan fingerprint density at radius 1 is 1.40 bits per heavy atom. The molecule has 0 aliphatic carbocycles. The van der Waals surface area contributed by atoms with Crippen molar-refractivity contribution in [1.82, 2.24) is 0 Å². The molecule has 0 radical (unpaired) electrons. The van der Waals surface area contributed by atoms with Crippen molar-refractivity contribution < 1.29 is 19.0 Å². The van der Waals surface area contributed by atoms with Gasteiger partial charge in [0.15, 0.2) is 6.29 Å². The summed E-state index contributed by atoms with van der Waals surface area (Å²) < 4.78 is 15.8. The highest BCUT2D eigenvalue weighted by Gasteiger charge is 2.28. The number of carbonyl (C=O) groups excluding carboxylic acids is 1. The van der Waals surface area contributed by atoms with E-state index in [1.165, 1.54) is 0 Å². The minimum Gasteiger partial charge on any atom is -0.466 e. The fourth-order valence-corrected chi connectivity index (χ4v) is 1.80. The molecule has 1 aliphatic rings. The van der Waals surface area contributed by atoms with Gasteiger partial charge in [-0.05, 0) is 26.7 Å². The summed E-state index contributed by atoms with van der Waals surface area (Å²) in [5.74, 6) is -0.00421. The monoisotopic (exact) mass is 216 g/mol. The van der Waals surface area contributed by atoms with Gasteiger partial charge >= 0.3 is 5.97 Å². The van der Waals surface area contributed by atoms with E-state index in [0.717, 1.165) is 19.4 Å². The lowest BCUT2D eigenvalue weighted by Gasteiger charge is -2.30. The van der Waals surface area contributed by atoms with Crippen molar-refractivity contribution in [1.29, 1.82) is 0 Å². The fraction of sp³-hybridized carbons (Fsp3) is 0.909. The quantitative estimate of drug-likeness (QED) is 0.656. The molecule has 0 aromatic carbocycles. The molecule has 1 fully saturated rings. The summed E-state index contributed by atoms with van der Waals surface area (Å²) >= 11 is 0. The van der Waals surface area contributed by atoms with Gasteiger partial charge in [0.2, 0.25) is 0 Å². The number of rotatable bonds is 5. The molecule has 2 unspecified atom stereocenters. The van der Waals surface area contributed by atoms with Gasteiger partial charge in [0, 0.05) is 19.1 Å². The van der Waals surface area contributed by atoms with E-state index in [0.29, 0.717) is 19.6 Å². The summed E-state index contributed by atoms with van der Waals surface area (Å²) in [6.45, 7) is 5.52. The van der Waals surface area contributed by atoms with Gasteiger partial charge in [-0.15, -0.1) is 0 Å². The Kier molecular flexibility index (Phi) is 5.65. The van der Waals surface area contributed by atoms with Crippen LogP contribution in [-0.2, 0) is 19.0 Å². The van der Waals surface area contributed by atoms with Crippen LogP contribution in [0.25, 0.3) is 0 Å². The predicted molar refractivity (Wildman–Crippen MR) is 55.3 cm³/mol. The van der Waals surface area contributed by atoms with Crippen molar-refractivity contribution in [2.45, 2.75) is 39.4 Å². The van der Waals surface area contributed by atoms with E-state index in [1.807, 2.05) is 13.8 Å². The first-order chi connectivity index (χ1) is 7.27. The van der Waals surface area contributed by atoms with E-state index in [9.17, 15) is 4.79 Å². The Balaban J connectivity index is 2.38. The predicted octanol–water partition coefficient (Wildman–Crippen LogP) is 1.73. The molecule has 2 atom stereocenters. The summed E-state index contributed by atoms with van der Waals surface area (Å²) in [5, 5.41) is 0. The number of hydrogen-bond acceptors (Lipinski definition) is 4. The molecule has 4 nitrogen and oxygen atoms in total. The number of hydrogen-bond donors (Lipinski definition) is 0. The first-order valence-electron chi connectivity index (χ1n) is 5.66. The summed E-state index contributed by atoms with van der Waals surface area (Å²) in [4.78, 5) is 11.3. The molecule has 0 bridgehead atoms. The normalized spacial score (nSPS) is 26.3. The average molecular weight is 216 g/mol.